The highest BCUT2D eigenvalue weighted by Crippen LogP contribution is 2.26. The molecule has 0 amide bonds. The van der Waals surface area contributed by atoms with E-state index >= 15 is 0 Å². The molecule has 0 bridgehead atoms. The SMILES string of the molecule is COc1ccc(C[C@@H](OCC(C)C)C(=O)O)c(OC)c1. The summed E-state index contributed by atoms with van der Waals surface area (Å²) in [7, 11) is 3.11. The molecule has 1 N–H and O–H groups in total. The van der Waals surface area contributed by atoms with Gasteiger partial charge in [0.2, 0.25) is 0 Å². The van der Waals surface area contributed by atoms with E-state index in [1.54, 1.807) is 32.4 Å². The molecule has 1 atom stereocenters. The molecule has 0 aliphatic heterocycles. The minimum atomic E-state index is -0.969. The van der Waals surface area contributed by atoms with Gasteiger partial charge in [-0.15, -0.1) is 0 Å². The monoisotopic (exact) mass is 282 g/mol. The fraction of sp³-hybridized carbons (Fsp3) is 0.533. The van der Waals surface area contributed by atoms with Gasteiger partial charge in [0.05, 0.1) is 20.8 Å². The lowest BCUT2D eigenvalue weighted by Crippen LogP contribution is -2.28. The quantitative estimate of drug-likeness (QED) is 0.793. The lowest BCUT2D eigenvalue weighted by molar-refractivity contribution is -0.150. The van der Waals surface area contributed by atoms with Crippen molar-refractivity contribution in [3.63, 3.8) is 0 Å². The molecule has 0 aliphatic carbocycles. The fourth-order valence-electron chi connectivity index (χ4n) is 1.75. The van der Waals surface area contributed by atoms with Crippen LogP contribution < -0.4 is 9.47 Å². The third kappa shape index (κ3) is 4.74. The van der Waals surface area contributed by atoms with Gasteiger partial charge < -0.3 is 19.3 Å². The Bertz CT molecular complexity index is 442. The Morgan fingerprint density at radius 1 is 1.25 bits per heavy atom. The van der Waals surface area contributed by atoms with Gasteiger partial charge in [-0.2, -0.15) is 0 Å². The summed E-state index contributed by atoms with van der Waals surface area (Å²) in [6.45, 7) is 4.37. The first kappa shape index (κ1) is 16.3. The van der Waals surface area contributed by atoms with Crippen LogP contribution in [0.25, 0.3) is 0 Å². The molecular formula is C15H22O5. The second-order valence-electron chi connectivity index (χ2n) is 4.94. The number of hydrogen-bond donors (Lipinski definition) is 1. The first-order chi connectivity index (χ1) is 9.47. The van der Waals surface area contributed by atoms with Crippen molar-refractivity contribution in [3.05, 3.63) is 23.8 Å². The summed E-state index contributed by atoms with van der Waals surface area (Å²) in [5, 5.41) is 9.22. The molecule has 0 spiro atoms. The van der Waals surface area contributed by atoms with Crippen LogP contribution >= 0.6 is 0 Å². The average molecular weight is 282 g/mol. The van der Waals surface area contributed by atoms with Crippen LogP contribution in [0.2, 0.25) is 0 Å². The van der Waals surface area contributed by atoms with Gasteiger partial charge in [-0.05, 0) is 17.5 Å². The third-order valence-corrected chi connectivity index (χ3v) is 2.81. The molecule has 0 fully saturated rings. The summed E-state index contributed by atoms with van der Waals surface area (Å²) in [6, 6.07) is 5.31. The van der Waals surface area contributed by atoms with Crippen molar-refractivity contribution < 1.29 is 24.1 Å². The Morgan fingerprint density at radius 2 is 1.95 bits per heavy atom. The summed E-state index contributed by atoms with van der Waals surface area (Å²) in [5.41, 5.74) is 0.782. The van der Waals surface area contributed by atoms with E-state index in [1.807, 2.05) is 13.8 Å². The summed E-state index contributed by atoms with van der Waals surface area (Å²) in [4.78, 5) is 11.2. The van der Waals surface area contributed by atoms with Crippen molar-refractivity contribution in [1.29, 1.82) is 0 Å². The van der Waals surface area contributed by atoms with Crippen LogP contribution in [-0.4, -0.2) is 38.0 Å². The standard InChI is InChI=1S/C15H22O5/c1-10(2)9-20-14(15(16)17)7-11-5-6-12(18-3)8-13(11)19-4/h5-6,8,10,14H,7,9H2,1-4H3,(H,16,17)/t14-/m1/s1. The lowest BCUT2D eigenvalue weighted by Gasteiger charge is -2.17. The summed E-state index contributed by atoms with van der Waals surface area (Å²) < 4.78 is 15.8. The highest BCUT2D eigenvalue weighted by Gasteiger charge is 2.21. The topological polar surface area (TPSA) is 65.0 Å². The van der Waals surface area contributed by atoms with Crippen LogP contribution in [0.5, 0.6) is 11.5 Å². The van der Waals surface area contributed by atoms with E-state index in [2.05, 4.69) is 0 Å². The Morgan fingerprint density at radius 3 is 2.45 bits per heavy atom. The zero-order valence-electron chi connectivity index (χ0n) is 12.4. The van der Waals surface area contributed by atoms with Gasteiger partial charge in [-0.25, -0.2) is 4.79 Å². The second kappa shape index (κ2) is 7.75. The first-order valence-corrected chi connectivity index (χ1v) is 6.53. The minimum Gasteiger partial charge on any atom is -0.497 e. The van der Waals surface area contributed by atoms with Crippen molar-refractivity contribution in [1.82, 2.24) is 0 Å². The van der Waals surface area contributed by atoms with Crippen LogP contribution in [0.3, 0.4) is 0 Å². The number of aliphatic carboxylic acids is 1. The highest BCUT2D eigenvalue weighted by molar-refractivity contribution is 5.73. The van der Waals surface area contributed by atoms with Crippen molar-refractivity contribution in [2.24, 2.45) is 5.92 Å². The number of benzene rings is 1. The molecule has 1 aromatic rings. The van der Waals surface area contributed by atoms with Crippen LogP contribution in [0, 0.1) is 5.92 Å². The van der Waals surface area contributed by atoms with Crippen LogP contribution in [-0.2, 0) is 16.0 Å². The molecule has 112 valence electrons. The average Bonchev–Trinajstić information content (AvgIpc) is 2.42. The van der Waals surface area contributed by atoms with E-state index < -0.39 is 12.1 Å². The van der Waals surface area contributed by atoms with Gasteiger partial charge in [0.25, 0.3) is 0 Å². The van der Waals surface area contributed by atoms with E-state index in [0.717, 1.165) is 5.56 Å². The van der Waals surface area contributed by atoms with Crippen LogP contribution in [0.4, 0.5) is 0 Å². The lowest BCUT2D eigenvalue weighted by atomic mass is 10.1. The number of hydrogen-bond acceptors (Lipinski definition) is 4. The van der Waals surface area contributed by atoms with Gasteiger partial charge in [0.1, 0.15) is 11.5 Å². The second-order valence-corrected chi connectivity index (χ2v) is 4.94. The third-order valence-electron chi connectivity index (χ3n) is 2.81. The van der Waals surface area contributed by atoms with Gasteiger partial charge in [0.15, 0.2) is 6.10 Å². The molecule has 5 nitrogen and oxygen atoms in total. The largest absolute Gasteiger partial charge is 0.497 e. The summed E-state index contributed by atoms with van der Waals surface area (Å²) >= 11 is 0. The molecule has 5 heteroatoms. The minimum absolute atomic E-state index is 0.259. The Hall–Kier alpha value is -1.75. The predicted octanol–water partition coefficient (Wildman–Crippen LogP) is 2.37. The van der Waals surface area contributed by atoms with Crippen LogP contribution in [0.15, 0.2) is 18.2 Å². The molecule has 1 aromatic carbocycles. The molecule has 0 unspecified atom stereocenters. The molecule has 0 saturated carbocycles. The number of carboxylic acid groups (broad SMARTS) is 1. The van der Waals surface area contributed by atoms with Gasteiger partial charge in [-0.3, -0.25) is 0 Å². The Balaban J connectivity index is 2.84. The zero-order valence-corrected chi connectivity index (χ0v) is 12.4. The Kier molecular flexibility index (Phi) is 6.31. The smallest absolute Gasteiger partial charge is 0.333 e. The number of rotatable bonds is 8. The maximum atomic E-state index is 11.2. The van der Waals surface area contributed by atoms with Crippen molar-refractivity contribution in [2.45, 2.75) is 26.4 Å². The first-order valence-electron chi connectivity index (χ1n) is 6.53. The van der Waals surface area contributed by atoms with Crippen molar-refractivity contribution in [2.75, 3.05) is 20.8 Å². The fourth-order valence-corrected chi connectivity index (χ4v) is 1.75. The van der Waals surface area contributed by atoms with Gasteiger partial charge in [-0.1, -0.05) is 19.9 Å². The van der Waals surface area contributed by atoms with Crippen molar-refractivity contribution in [3.8, 4) is 11.5 Å². The van der Waals surface area contributed by atoms with E-state index in [4.69, 9.17) is 14.2 Å². The van der Waals surface area contributed by atoms with E-state index in [0.29, 0.717) is 18.1 Å². The Labute approximate surface area is 119 Å². The maximum absolute atomic E-state index is 11.2. The summed E-state index contributed by atoms with van der Waals surface area (Å²) in [5.74, 6) is 0.586. The zero-order chi connectivity index (χ0) is 15.1. The van der Waals surface area contributed by atoms with Crippen LogP contribution in [0.1, 0.15) is 19.4 Å². The van der Waals surface area contributed by atoms with E-state index in [-0.39, 0.29) is 12.3 Å². The summed E-state index contributed by atoms with van der Waals surface area (Å²) in [6.07, 6.45) is -0.616. The molecule has 20 heavy (non-hydrogen) atoms. The number of methoxy groups -OCH3 is 2. The van der Waals surface area contributed by atoms with Gasteiger partial charge >= 0.3 is 5.97 Å². The van der Waals surface area contributed by atoms with E-state index in [9.17, 15) is 9.90 Å². The van der Waals surface area contributed by atoms with E-state index in [1.165, 1.54) is 0 Å². The predicted molar refractivity (Wildman–Crippen MR) is 75.5 cm³/mol. The molecule has 0 aromatic heterocycles. The molecule has 0 saturated heterocycles. The molecular weight excluding hydrogens is 260 g/mol. The molecule has 0 radical (unpaired) electrons. The molecule has 1 rings (SSSR count). The molecule has 0 heterocycles. The van der Waals surface area contributed by atoms with Gasteiger partial charge in [0, 0.05) is 12.5 Å². The number of carboxylic acids is 1. The molecule has 0 aliphatic rings. The normalized spacial score (nSPS) is 12.2. The number of ether oxygens (including phenoxy) is 3. The maximum Gasteiger partial charge on any atom is 0.333 e. The highest BCUT2D eigenvalue weighted by atomic mass is 16.5. The number of carbonyl (C=O) groups is 1. The van der Waals surface area contributed by atoms with Crippen molar-refractivity contribution >= 4 is 5.97 Å².